The standard InChI is InChI=1S/C22H21ClF2O5/c1-2-22(29,21(25)7-9-30-10-8-21)14-11-16(20(27)28)18(17(24)12-14)19(26)13-3-5-15(23)6-4-13/h3-6,11-12,29H,2,7-10H2,1H3,(H,27,28)/t22-/m1/s1. The predicted octanol–water partition coefficient (Wildman–Crippen LogP) is 4.52. The van der Waals surface area contributed by atoms with Crippen LogP contribution in [0.15, 0.2) is 36.4 Å². The number of hydrogen-bond donors (Lipinski definition) is 2. The zero-order chi connectivity index (χ0) is 22.1. The molecule has 1 fully saturated rings. The van der Waals surface area contributed by atoms with Crippen molar-refractivity contribution < 1.29 is 33.3 Å². The highest BCUT2D eigenvalue weighted by Crippen LogP contribution is 2.46. The maximum Gasteiger partial charge on any atom is 0.336 e. The molecule has 1 heterocycles. The van der Waals surface area contributed by atoms with E-state index in [2.05, 4.69) is 0 Å². The predicted molar refractivity (Wildman–Crippen MR) is 106 cm³/mol. The highest BCUT2D eigenvalue weighted by atomic mass is 35.5. The second-order valence-corrected chi connectivity index (χ2v) is 7.75. The molecular weight excluding hydrogens is 418 g/mol. The first-order chi connectivity index (χ1) is 14.1. The molecule has 0 amide bonds. The van der Waals surface area contributed by atoms with Gasteiger partial charge in [-0.3, -0.25) is 4.79 Å². The summed E-state index contributed by atoms with van der Waals surface area (Å²) in [6, 6.07) is 7.38. The second kappa shape index (κ2) is 8.41. The molecule has 2 N–H and O–H groups in total. The van der Waals surface area contributed by atoms with Gasteiger partial charge in [0.2, 0.25) is 0 Å². The Balaban J connectivity index is 2.14. The molecule has 1 aliphatic rings. The van der Waals surface area contributed by atoms with Crippen molar-refractivity contribution in [2.45, 2.75) is 37.5 Å². The third-order valence-corrected chi connectivity index (χ3v) is 5.92. The minimum Gasteiger partial charge on any atom is -0.478 e. The van der Waals surface area contributed by atoms with Crippen molar-refractivity contribution in [3.63, 3.8) is 0 Å². The van der Waals surface area contributed by atoms with E-state index in [1.165, 1.54) is 31.2 Å². The number of alkyl halides is 1. The Kier molecular flexibility index (Phi) is 6.26. The molecule has 0 spiro atoms. The summed E-state index contributed by atoms with van der Waals surface area (Å²) >= 11 is 5.80. The largest absolute Gasteiger partial charge is 0.478 e. The number of carbonyl (C=O) groups is 2. The summed E-state index contributed by atoms with van der Waals surface area (Å²) in [5.74, 6) is -3.56. The lowest BCUT2D eigenvalue weighted by atomic mass is 9.72. The van der Waals surface area contributed by atoms with Gasteiger partial charge in [-0.15, -0.1) is 0 Å². The van der Waals surface area contributed by atoms with Crippen molar-refractivity contribution in [1.82, 2.24) is 0 Å². The smallest absolute Gasteiger partial charge is 0.336 e. The van der Waals surface area contributed by atoms with Crippen LogP contribution in [0.5, 0.6) is 0 Å². The van der Waals surface area contributed by atoms with Crippen molar-refractivity contribution in [1.29, 1.82) is 0 Å². The minimum atomic E-state index is -2.14. The first-order valence-electron chi connectivity index (χ1n) is 9.49. The first-order valence-corrected chi connectivity index (χ1v) is 9.87. The summed E-state index contributed by atoms with van der Waals surface area (Å²) in [5.41, 5.74) is -5.74. The minimum absolute atomic E-state index is 0.0469. The third-order valence-electron chi connectivity index (χ3n) is 5.67. The molecule has 30 heavy (non-hydrogen) atoms. The van der Waals surface area contributed by atoms with Crippen LogP contribution in [0.25, 0.3) is 0 Å². The van der Waals surface area contributed by atoms with Gasteiger partial charge in [-0.05, 0) is 48.4 Å². The number of carboxylic acid groups (broad SMARTS) is 1. The number of rotatable bonds is 6. The van der Waals surface area contributed by atoms with Gasteiger partial charge >= 0.3 is 5.97 Å². The fourth-order valence-electron chi connectivity index (χ4n) is 3.88. The van der Waals surface area contributed by atoms with Crippen LogP contribution in [0.1, 0.15) is 58.0 Å². The average Bonchev–Trinajstić information content (AvgIpc) is 2.73. The molecule has 0 bridgehead atoms. The number of carboxylic acids is 1. The van der Waals surface area contributed by atoms with Crippen LogP contribution in [0.2, 0.25) is 5.02 Å². The number of aromatic carboxylic acids is 1. The van der Waals surface area contributed by atoms with E-state index in [0.29, 0.717) is 5.02 Å². The number of carbonyl (C=O) groups excluding carboxylic acids is 1. The van der Waals surface area contributed by atoms with Gasteiger partial charge in [-0.25, -0.2) is 13.6 Å². The van der Waals surface area contributed by atoms with Gasteiger partial charge in [0.05, 0.1) is 11.1 Å². The molecule has 0 radical (unpaired) electrons. The van der Waals surface area contributed by atoms with E-state index in [9.17, 15) is 19.8 Å². The first kappa shape index (κ1) is 22.3. The number of ether oxygens (including phenoxy) is 1. The molecule has 5 nitrogen and oxygen atoms in total. The summed E-state index contributed by atoms with van der Waals surface area (Å²) in [5, 5.41) is 21.2. The Bertz CT molecular complexity index is 970. The summed E-state index contributed by atoms with van der Waals surface area (Å²) in [6.07, 6.45) is -0.355. The SMILES string of the molecule is CC[C@@](O)(c1cc(F)c(C(=O)c2ccc(Cl)cc2)c(C(=O)O)c1)C1(F)CCOCC1. The zero-order valence-electron chi connectivity index (χ0n) is 16.3. The molecule has 2 aromatic carbocycles. The van der Waals surface area contributed by atoms with Gasteiger partial charge in [0.1, 0.15) is 17.1 Å². The van der Waals surface area contributed by atoms with Crippen LogP contribution < -0.4 is 0 Å². The Morgan fingerprint density at radius 1 is 1.20 bits per heavy atom. The summed E-state index contributed by atoms with van der Waals surface area (Å²) < 4.78 is 35.9. The zero-order valence-corrected chi connectivity index (χ0v) is 17.0. The molecule has 0 aromatic heterocycles. The highest BCUT2D eigenvalue weighted by Gasteiger charge is 2.52. The fraction of sp³-hybridized carbons (Fsp3) is 0.364. The van der Waals surface area contributed by atoms with Crippen LogP contribution in [-0.4, -0.2) is 40.8 Å². The summed E-state index contributed by atoms with van der Waals surface area (Å²) in [4.78, 5) is 24.7. The molecule has 3 rings (SSSR count). The van der Waals surface area contributed by atoms with Crippen LogP contribution >= 0.6 is 11.6 Å². The van der Waals surface area contributed by atoms with Gasteiger partial charge in [0.25, 0.3) is 0 Å². The summed E-state index contributed by atoms with van der Waals surface area (Å²) in [6.45, 7) is 1.70. The Morgan fingerprint density at radius 3 is 2.33 bits per heavy atom. The van der Waals surface area contributed by atoms with Gasteiger partial charge in [0, 0.05) is 36.6 Å². The van der Waals surface area contributed by atoms with Crippen molar-refractivity contribution in [3.8, 4) is 0 Å². The van der Waals surface area contributed by atoms with E-state index in [-0.39, 0.29) is 43.6 Å². The van der Waals surface area contributed by atoms with Gasteiger partial charge < -0.3 is 14.9 Å². The molecule has 8 heteroatoms. The number of halogens is 3. The third kappa shape index (κ3) is 3.85. The maximum atomic E-state index is 15.7. The van der Waals surface area contributed by atoms with Crippen LogP contribution in [0.4, 0.5) is 8.78 Å². The highest BCUT2D eigenvalue weighted by molar-refractivity contribution is 6.30. The molecule has 0 aliphatic carbocycles. The molecule has 1 saturated heterocycles. The Morgan fingerprint density at radius 2 is 1.80 bits per heavy atom. The molecule has 1 aliphatic heterocycles. The van der Waals surface area contributed by atoms with Crippen molar-refractivity contribution in [2.24, 2.45) is 0 Å². The lowest BCUT2D eigenvalue weighted by Crippen LogP contribution is -2.51. The van der Waals surface area contributed by atoms with E-state index in [0.717, 1.165) is 12.1 Å². The lowest BCUT2D eigenvalue weighted by molar-refractivity contribution is -0.155. The van der Waals surface area contributed by atoms with E-state index in [1.54, 1.807) is 0 Å². The Labute approximate surface area is 177 Å². The number of benzene rings is 2. The van der Waals surface area contributed by atoms with Crippen LogP contribution in [0.3, 0.4) is 0 Å². The van der Waals surface area contributed by atoms with E-state index in [4.69, 9.17) is 16.3 Å². The van der Waals surface area contributed by atoms with Crippen molar-refractivity contribution in [2.75, 3.05) is 13.2 Å². The number of ketones is 1. The van der Waals surface area contributed by atoms with Crippen LogP contribution in [0, 0.1) is 5.82 Å². The second-order valence-electron chi connectivity index (χ2n) is 7.31. The van der Waals surface area contributed by atoms with Gasteiger partial charge in [-0.2, -0.15) is 0 Å². The summed E-state index contributed by atoms with van der Waals surface area (Å²) in [7, 11) is 0. The van der Waals surface area contributed by atoms with E-state index < -0.39 is 40.0 Å². The van der Waals surface area contributed by atoms with E-state index >= 15 is 8.78 Å². The quantitative estimate of drug-likeness (QED) is 0.647. The molecule has 160 valence electrons. The molecule has 2 aromatic rings. The molecule has 1 atom stereocenters. The van der Waals surface area contributed by atoms with Gasteiger partial charge in [0.15, 0.2) is 5.78 Å². The molecule has 0 saturated carbocycles. The topological polar surface area (TPSA) is 83.8 Å². The average molecular weight is 439 g/mol. The monoisotopic (exact) mass is 438 g/mol. The normalized spacial score (nSPS) is 17.9. The number of aliphatic hydroxyl groups is 1. The molecular formula is C22H21ClF2O5. The number of hydrogen-bond acceptors (Lipinski definition) is 4. The van der Waals surface area contributed by atoms with Crippen molar-refractivity contribution in [3.05, 3.63) is 69.5 Å². The van der Waals surface area contributed by atoms with Crippen molar-refractivity contribution >= 4 is 23.4 Å². The Hall–Kier alpha value is -2.35. The van der Waals surface area contributed by atoms with Crippen LogP contribution in [-0.2, 0) is 10.3 Å². The van der Waals surface area contributed by atoms with Gasteiger partial charge in [-0.1, -0.05) is 18.5 Å². The molecule has 0 unspecified atom stereocenters. The van der Waals surface area contributed by atoms with E-state index in [1.807, 2.05) is 0 Å². The maximum absolute atomic E-state index is 15.7. The lowest BCUT2D eigenvalue weighted by Gasteiger charge is -2.43. The fourth-order valence-corrected chi connectivity index (χ4v) is 4.00.